The van der Waals surface area contributed by atoms with Crippen LogP contribution in [0.5, 0.6) is 0 Å². The van der Waals surface area contributed by atoms with Crippen LogP contribution < -0.4 is 5.32 Å². The molecule has 0 spiro atoms. The second-order valence-corrected chi connectivity index (χ2v) is 5.61. The molecule has 0 bridgehead atoms. The normalized spacial score (nSPS) is 13.6. The molecule has 0 saturated carbocycles. The van der Waals surface area contributed by atoms with Gasteiger partial charge in [-0.1, -0.05) is 33.6 Å². The molecule has 2 heteroatoms. The van der Waals surface area contributed by atoms with Gasteiger partial charge in [-0.15, -0.1) is 0 Å². The zero-order chi connectivity index (χ0) is 13.1. The number of nitrogens with one attached hydrogen (secondary N) is 1. The average molecular weight is 242 g/mol. The first kappa shape index (κ1) is 16.9. The summed E-state index contributed by atoms with van der Waals surface area (Å²) >= 11 is 0. The molecule has 17 heavy (non-hydrogen) atoms. The summed E-state index contributed by atoms with van der Waals surface area (Å²) in [5.41, 5.74) is 0. The zero-order valence-corrected chi connectivity index (χ0v) is 12.8. The minimum absolute atomic E-state index is 0.681. The van der Waals surface area contributed by atoms with E-state index in [0.717, 1.165) is 19.0 Å². The van der Waals surface area contributed by atoms with Gasteiger partial charge in [-0.3, -0.25) is 0 Å². The Balaban J connectivity index is 3.80. The van der Waals surface area contributed by atoms with E-state index in [1.807, 2.05) is 0 Å². The summed E-state index contributed by atoms with van der Waals surface area (Å²) in [6.07, 6.45) is 5.27. The van der Waals surface area contributed by atoms with Gasteiger partial charge in [0.05, 0.1) is 0 Å². The Labute approximate surface area is 109 Å². The highest BCUT2D eigenvalue weighted by Crippen LogP contribution is 2.07. The van der Waals surface area contributed by atoms with E-state index in [0.29, 0.717) is 6.04 Å². The Morgan fingerprint density at radius 2 is 1.71 bits per heavy atom. The third kappa shape index (κ3) is 9.61. The molecule has 0 aromatic carbocycles. The molecule has 0 aliphatic heterocycles. The highest BCUT2D eigenvalue weighted by molar-refractivity contribution is 4.68. The lowest BCUT2D eigenvalue weighted by Crippen LogP contribution is -2.38. The van der Waals surface area contributed by atoms with Crippen molar-refractivity contribution in [2.24, 2.45) is 5.92 Å². The van der Waals surface area contributed by atoms with Gasteiger partial charge in [0.15, 0.2) is 0 Å². The molecule has 1 N–H and O–H groups in total. The van der Waals surface area contributed by atoms with Crippen molar-refractivity contribution in [1.82, 2.24) is 10.2 Å². The highest BCUT2D eigenvalue weighted by Gasteiger charge is 2.12. The maximum absolute atomic E-state index is 3.52. The van der Waals surface area contributed by atoms with Crippen LogP contribution in [-0.4, -0.2) is 37.1 Å². The van der Waals surface area contributed by atoms with Crippen molar-refractivity contribution in [3.8, 4) is 0 Å². The van der Waals surface area contributed by atoms with Crippen LogP contribution in [-0.2, 0) is 0 Å². The van der Waals surface area contributed by atoms with Crippen molar-refractivity contribution < 1.29 is 0 Å². The highest BCUT2D eigenvalue weighted by atomic mass is 15.1. The second-order valence-electron chi connectivity index (χ2n) is 5.61. The van der Waals surface area contributed by atoms with E-state index in [-0.39, 0.29) is 0 Å². The quantitative estimate of drug-likeness (QED) is 0.558. The fourth-order valence-corrected chi connectivity index (χ4v) is 2.12. The van der Waals surface area contributed by atoms with Crippen molar-refractivity contribution in [2.75, 3.05) is 26.2 Å². The molecular formula is C15H34N2. The lowest BCUT2D eigenvalue weighted by Gasteiger charge is -2.29. The topological polar surface area (TPSA) is 15.3 Å². The third-order valence-corrected chi connectivity index (χ3v) is 3.24. The van der Waals surface area contributed by atoms with Gasteiger partial charge in [-0.25, -0.2) is 0 Å². The Kier molecular flexibility index (Phi) is 11.0. The predicted octanol–water partition coefficient (Wildman–Crippen LogP) is 3.52. The van der Waals surface area contributed by atoms with Gasteiger partial charge >= 0.3 is 0 Å². The minimum Gasteiger partial charge on any atom is -0.316 e. The van der Waals surface area contributed by atoms with Crippen molar-refractivity contribution in [3.05, 3.63) is 0 Å². The molecule has 0 heterocycles. The van der Waals surface area contributed by atoms with Crippen LogP contribution >= 0.6 is 0 Å². The van der Waals surface area contributed by atoms with Crippen LogP contribution in [0.1, 0.15) is 60.3 Å². The number of hydrogen-bond acceptors (Lipinski definition) is 2. The van der Waals surface area contributed by atoms with Crippen molar-refractivity contribution in [3.63, 3.8) is 0 Å². The summed E-state index contributed by atoms with van der Waals surface area (Å²) in [5, 5.41) is 3.52. The molecule has 0 radical (unpaired) electrons. The molecule has 0 amide bonds. The Hall–Kier alpha value is -0.0800. The smallest absolute Gasteiger partial charge is 0.00387 e. The Morgan fingerprint density at radius 1 is 1.00 bits per heavy atom. The monoisotopic (exact) mass is 242 g/mol. The van der Waals surface area contributed by atoms with Gasteiger partial charge in [0, 0.05) is 12.6 Å². The van der Waals surface area contributed by atoms with Crippen LogP contribution in [0.3, 0.4) is 0 Å². The molecule has 0 saturated heterocycles. The molecule has 0 fully saturated rings. The van der Waals surface area contributed by atoms with Crippen molar-refractivity contribution >= 4 is 0 Å². The summed E-state index contributed by atoms with van der Waals surface area (Å²) < 4.78 is 0. The first-order valence-corrected chi connectivity index (χ1v) is 7.56. The van der Waals surface area contributed by atoms with E-state index >= 15 is 0 Å². The SMILES string of the molecule is CCCCCN(CC(C)CNCCC)C(C)C. The van der Waals surface area contributed by atoms with E-state index in [9.17, 15) is 0 Å². The van der Waals surface area contributed by atoms with Crippen molar-refractivity contribution in [1.29, 1.82) is 0 Å². The number of unbranched alkanes of at least 4 members (excludes halogenated alkanes) is 2. The van der Waals surface area contributed by atoms with Gasteiger partial charge in [-0.05, 0) is 52.2 Å². The fraction of sp³-hybridized carbons (Fsp3) is 1.00. The van der Waals surface area contributed by atoms with Gasteiger partial charge < -0.3 is 10.2 Å². The summed E-state index contributed by atoms with van der Waals surface area (Å²) in [5.74, 6) is 0.755. The molecular weight excluding hydrogens is 208 g/mol. The molecule has 104 valence electrons. The standard InChI is InChI=1S/C15H34N2/c1-6-8-9-11-17(14(3)4)13-15(5)12-16-10-7-2/h14-16H,6-13H2,1-5H3. The second kappa shape index (κ2) is 11.0. The molecule has 0 aromatic heterocycles. The lowest BCUT2D eigenvalue weighted by atomic mass is 10.1. The summed E-state index contributed by atoms with van der Waals surface area (Å²) in [6, 6.07) is 0.681. The summed E-state index contributed by atoms with van der Waals surface area (Å²) in [4.78, 5) is 2.63. The van der Waals surface area contributed by atoms with E-state index in [4.69, 9.17) is 0 Å². The van der Waals surface area contributed by atoms with E-state index < -0.39 is 0 Å². The molecule has 1 unspecified atom stereocenters. The largest absolute Gasteiger partial charge is 0.316 e. The summed E-state index contributed by atoms with van der Waals surface area (Å²) in [7, 11) is 0. The fourth-order valence-electron chi connectivity index (χ4n) is 2.12. The maximum atomic E-state index is 3.52. The minimum atomic E-state index is 0.681. The van der Waals surface area contributed by atoms with Gasteiger partial charge in [0.25, 0.3) is 0 Å². The maximum Gasteiger partial charge on any atom is 0.00387 e. The number of hydrogen-bond donors (Lipinski definition) is 1. The van der Waals surface area contributed by atoms with E-state index in [1.54, 1.807) is 0 Å². The molecule has 0 aromatic rings. The third-order valence-electron chi connectivity index (χ3n) is 3.24. The number of rotatable bonds is 11. The van der Waals surface area contributed by atoms with Crippen molar-refractivity contribution in [2.45, 2.75) is 66.3 Å². The Bertz CT molecular complexity index is 157. The van der Waals surface area contributed by atoms with Crippen LogP contribution in [0.25, 0.3) is 0 Å². The van der Waals surface area contributed by atoms with Crippen LogP contribution in [0, 0.1) is 5.92 Å². The number of nitrogens with zero attached hydrogens (tertiary/aromatic N) is 1. The average Bonchev–Trinajstić information content (AvgIpc) is 2.28. The van der Waals surface area contributed by atoms with Gasteiger partial charge in [0.2, 0.25) is 0 Å². The van der Waals surface area contributed by atoms with Crippen LogP contribution in [0.15, 0.2) is 0 Å². The first-order valence-electron chi connectivity index (χ1n) is 7.56. The molecule has 0 rings (SSSR count). The van der Waals surface area contributed by atoms with E-state index in [1.165, 1.54) is 38.8 Å². The van der Waals surface area contributed by atoms with Crippen LogP contribution in [0.4, 0.5) is 0 Å². The summed E-state index contributed by atoms with van der Waals surface area (Å²) in [6.45, 7) is 16.3. The molecule has 1 atom stereocenters. The zero-order valence-electron chi connectivity index (χ0n) is 12.8. The molecule has 2 nitrogen and oxygen atoms in total. The predicted molar refractivity (Wildman–Crippen MR) is 78.6 cm³/mol. The molecule has 0 aliphatic rings. The first-order chi connectivity index (χ1) is 8.11. The van der Waals surface area contributed by atoms with Crippen LogP contribution in [0.2, 0.25) is 0 Å². The lowest BCUT2D eigenvalue weighted by molar-refractivity contribution is 0.187. The molecule has 0 aliphatic carbocycles. The van der Waals surface area contributed by atoms with Gasteiger partial charge in [-0.2, -0.15) is 0 Å². The Morgan fingerprint density at radius 3 is 2.24 bits per heavy atom. The van der Waals surface area contributed by atoms with E-state index in [2.05, 4.69) is 44.8 Å². The van der Waals surface area contributed by atoms with Gasteiger partial charge in [0.1, 0.15) is 0 Å².